The molecule has 2 rings (SSSR count). The SMILES string of the molecule is COc1ccc(CC(=O)NN(CC2CC2)C(N)=S)cc1OC. The lowest BCUT2D eigenvalue weighted by Crippen LogP contribution is -2.50. The third-order valence-electron chi connectivity index (χ3n) is 3.48. The Morgan fingerprint density at radius 1 is 1.36 bits per heavy atom. The van der Waals surface area contributed by atoms with Gasteiger partial charge in [-0.1, -0.05) is 6.07 Å². The fraction of sp³-hybridized carbons (Fsp3) is 0.467. The number of carbonyl (C=O) groups is 1. The van der Waals surface area contributed by atoms with Gasteiger partial charge in [-0.25, -0.2) is 0 Å². The van der Waals surface area contributed by atoms with Gasteiger partial charge < -0.3 is 15.2 Å². The zero-order valence-electron chi connectivity index (χ0n) is 12.8. The molecule has 0 aliphatic heterocycles. The van der Waals surface area contributed by atoms with Crippen LogP contribution >= 0.6 is 12.2 Å². The molecule has 0 unspecified atom stereocenters. The van der Waals surface area contributed by atoms with E-state index < -0.39 is 0 Å². The highest BCUT2D eigenvalue weighted by Gasteiger charge is 2.25. The van der Waals surface area contributed by atoms with Crippen LogP contribution in [0.3, 0.4) is 0 Å². The molecule has 1 aliphatic carbocycles. The Morgan fingerprint density at radius 2 is 2.05 bits per heavy atom. The average Bonchev–Trinajstić information content (AvgIpc) is 3.30. The third-order valence-corrected chi connectivity index (χ3v) is 3.70. The molecular weight excluding hydrogens is 302 g/mol. The molecule has 120 valence electrons. The molecular formula is C15H21N3O3S. The number of rotatable bonds is 6. The van der Waals surface area contributed by atoms with Gasteiger partial charge in [0, 0.05) is 6.54 Å². The lowest BCUT2D eigenvalue weighted by molar-refractivity contribution is -0.123. The summed E-state index contributed by atoms with van der Waals surface area (Å²) in [5.74, 6) is 1.63. The number of amides is 1. The highest BCUT2D eigenvalue weighted by molar-refractivity contribution is 7.80. The van der Waals surface area contributed by atoms with Crippen molar-refractivity contribution < 1.29 is 14.3 Å². The summed E-state index contributed by atoms with van der Waals surface area (Å²) < 4.78 is 10.4. The van der Waals surface area contributed by atoms with Crippen LogP contribution < -0.4 is 20.6 Å². The van der Waals surface area contributed by atoms with Crippen molar-refractivity contribution in [2.24, 2.45) is 11.7 Å². The Morgan fingerprint density at radius 3 is 2.59 bits per heavy atom. The van der Waals surface area contributed by atoms with Crippen LogP contribution in [0.2, 0.25) is 0 Å². The Balaban J connectivity index is 1.96. The summed E-state index contributed by atoms with van der Waals surface area (Å²) >= 11 is 4.97. The second-order valence-electron chi connectivity index (χ2n) is 5.29. The van der Waals surface area contributed by atoms with E-state index in [-0.39, 0.29) is 17.4 Å². The molecule has 22 heavy (non-hydrogen) atoms. The summed E-state index contributed by atoms with van der Waals surface area (Å²) in [6, 6.07) is 5.38. The third kappa shape index (κ3) is 4.49. The normalized spacial score (nSPS) is 13.4. The maximum atomic E-state index is 12.1. The first kappa shape index (κ1) is 16.4. The number of benzene rings is 1. The quantitative estimate of drug-likeness (QED) is 0.606. The van der Waals surface area contributed by atoms with Gasteiger partial charge in [-0.05, 0) is 48.7 Å². The Labute approximate surface area is 135 Å². The Kier molecular flexibility index (Phi) is 5.43. The maximum absolute atomic E-state index is 12.1. The molecule has 7 heteroatoms. The van der Waals surface area contributed by atoms with Gasteiger partial charge in [0.25, 0.3) is 0 Å². The van der Waals surface area contributed by atoms with Crippen molar-refractivity contribution in [3.8, 4) is 11.5 Å². The maximum Gasteiger partial charge on any atom is 0.242 e. The van der Waals surface area contributed by atoms with E-state index in [0.717, 1.165) is 18.4 Å². The van der Waals surface area contributed by atoms with Gasteiger partial charge in [0.05, 0.1) is 20.6 Å². The zero-order valence-corrected chi connectivity index (χ0v) is 13.6. The van der Waals surface area contributed by atoms with Crippen molar-refractivity contribution in [1.29, 1.82) is 0 Å². The van der Waals surface area contributed by atoms with Gasteiger partial charge in [-0.3, -0.25) is 15.2 Å². The molecule has 0 bridgehead atoms. The molecule has 0 atom stereocenters. The molecule has 0 spiro atoms. The number of nitrogens with two attached hydrogens (primary N) is 1. The molecule has 0 radical (unpaired) electrons. The Bertz CT molecular complexity index is 561. The van der Waals surface area contributed by atoms with Gasteiger partial charge in [-0.2, -0.15) is 0 Å². The van der Waals surface area contributed by atoms with Crippen molar-refractivity contribution >= 4 is 23.2 Å². The summed E-state index contributed by atoms with van der Waals surface area (Å²) in [4.78, 5) is 12.1. The molecule has 6 nitrogen and oxygen atoms in total. The molecule has 1 aromatic rings. The lowest BCUT2D eigenvalue weighted by Gasteiger charge is -2.23. The van der Waals surface area contributed by atoms with Crippen LogP contribution in [-0.2, 0) is 11.2 Å². The molecule has 1 amide bonds. The van der Waals surface area contributed by atoms with E-state index in [4.69, 9.17) is 27.4 Å². The fourth-order valence-electron chi connectivity index (χ4n) is 2.12. The van der Waals surface area contributed by atoms with E-state index in [1.807, 2.05) is 6.07 Å². The minimum absolute atomic E-state index is 0.166. The number of nitrogens with zero attached hydrogens (tertiary/aromatic N) is 1. The number of ether oxygens (including phenoxy) is 2. The molecule has 1 aromatic carbocycles. The molecule has 0 heterocycles. The monoisotopic (exact) mass is 323 g/mol. The van der Waals surface area contributed by atoms with Gasteiger partial charge in [0.15, 0.2) is 16.6 Å². The standard InChI is InChI=1S/C15H21N3O3S/c1-20-12-6-5-11(7-13(12)21-2)8-14(19)17-18(15(16)22)9-10-3-4-10/h5-7,10H,3-4,8-9H2,1-2H3,(H2,16,22)(H,17,19). The van der Waals surface area contributed by atoms with Gasteiger partial charge >= 0.3 is 0 Å². The first-order valence-corrected chi connectivity index (χ1v) is 7.51. The largest absolute Gasteiger partial charge is 0.493 e. The summed E-state index contributed by atoms with van der Waals surface area (Å²) in [5.41, 5.74) is 9.23. The number of hydrogen-bond acceptors (Lipinski definition) is 4. The average molecular weight is 323 g/mol. The molecule has 0 saturated heterocycles. The Hall–Kier alpha value is -2.02. The van der Waals surface area contributed by atoms with Crippen molar-refractivity contribution in [3.05, 3.63) is 23.8 Å². The molecule has 1 aliphatic rings. The molecule has 1 saturated carbocycles. The van der Waals surface area contributed by atoms with Crippen LogP contribution in [-0.4, -0.2) is 36.8 Å². The number of nitrogens with one attached hydrogen (secondary N) is 1. The number of thiocarbonyl (C=S) groups is 1. The fourth-order valence-corrected chi connectivity index (χ4v) is 2.24. The van der Waals surface area contributed by atoms with Crippen LogP contribution in [0.25, 0.3) is 0 Å². The number of carbonyl (C=O) groups excluding carboxylic acids is 1. The van der Waals surface area contributed by atoms with E-state index in [1.165, 1.54) is 0 Å². The number of hydrogen-bond donors (Lipinski definition) is 2. The van der Waals surface area contributed by atoms with E-state index >= 15 is 0 Å². The van der Waals surface area contributed by atoms with Crippen LogP contribution in [0.4, 0.5) is 0 Å². The highest BCUT2D eigenvalue weighted by atomic mass is 32.1. The molecule has 3 N–H and O–H groups in total. The van der Waals surface area contributed by atoms with Crippen LogP contribution in [0.1, 0.15) is 18.4 Å². The lowest BCUT2D eigenvalue weighted by atomic mass is 10.1. The van der Waals surface area contributed by atoms with Gasteiger partial charge in [-0.15, -0.1) is 0 Å². The van der Waals surface area contributed by atoms with E-state index in [2.05, 4.69) is 5.43 Å². The van der Waals surface area contributed by atoms with Gasteiger partial charge in [0.1, 0.15) is 0 Å². The van der Waals surface area contributed by atoms with E-state index in [9.17, 15) is 4.79 Å². The zero-order chi connectivity index (χ0) is 16.1. The van der Waals surface area contributed by atoms with E-state index in [1.54, 1.807) is 31.4 Å². The smallest absolute Gasteiger partial charge is 0.242 e. The summed E-state index contributed by atoms with van der Waals surface area (Å²) in [7, 11) is 3.13. The van der Waals surface area contributed by atoms with Gasteiger partial charge in [0.2, 0.25) is 5.91 Å². The second kappa shape index (κ2) is 7.31. The van der Waals surface area contributed by atoms with Crippen molar-refractivity contribution in [2.45, 2.75) is 19.3 Å². The minimum atomic E-state index is -0.166. The van der Waals surface area contributed by atoms with Crippen molar-refractivity contribution in [1.82, 2.24) is 10.4 Å². The summed E-state index contributed by atoms with van der Waals surface area (Å²) in [6.45, 7) is 0.674. The predicted molar refractivity (Wildman–Crippen MR) is 87.6 cm³/mol. The topological polar surface area (TPSA) is 76.8 Å². The summed E-state index contributed by atoms with van der Waals surface area (Å²) in [6.07, 6.45) is 2.53. The van der Waals surface area contributed by atoms with Crippen LogP contribution in [0.5, 0.6) is 11.5 Å². The number of hydrazine groups is 1. The minimum Gasteiger partial charge on any atom is -0.493 e. The second-order valence-corrected chi connectivity index (χ2v) is 5.71. The first-order chi connectivity index (χ1) is 10.5. The van der Waals surface area contributed by atoms with Crippen molar-refractivity contribution in [2.75, 3.05) is 20.8 Å². The summed E-state index contributed by atoms with van der Waals surface area (Å²) in [5, 5.41) is 1.74. The van der Waals surface area contributed by atoms with E-state index in [0.29, 0.717) is 24.0 Å². The van der Waals surface area contributed by atoms with Crippen LogP contribution in [0, 0.1) is 5.92 Å². The predicted octanol–water partition coefficient (Wildman–Crippen LogP) is 1.23. The number of methoxy groups -OCH3 is 2. The first-order valence-electron chi connectivity index (χ1n) is 7.10. The molecule has 0 aromatic heterocycles. The van der Waals surface area contributed by atoms with Crippen LogP contribution in [0.15, 0.2) is 18.2 Å². The highest BCUT2D eigenvalue weighted by Crippen LogP contribution is 2.29. The van der Waals surface area contributed by atoms with Crippen molar-refractivity contribution in [3.63, 3.8) is 0 Å². The molecule has 1 fully saturated rings.